The van der Waals surface area contributed by atoms with E-state index in [1.165, 1.54) is 42.7 Å². The Morgan fingerprint density at radius 2 is 1.59 bits per heavy atom. The molecule has 2 aromatic rings. The molecule has 22 heavy (non-hydrogen) atoms. The molecule has 1 N–H and O–H groups in total. The van der Waals surface area contributed by atoms with E-state index in [9.17, 15) is 0 Å². The van der Waals surface area contributed by atoms with E-state index in [1.807, 2.05) is 0 Å². The van der Waals surface area contributed by atoms with Gasteiger partial charge >= 0.3 is 0 Å². The molecule has 0 radical (unpaired) electrons. The van der Waals surface area contributed by atoms with Crippen LogP contribution < -0.4 is 17.3 Å². The molecule has 1 aliphatic rings. The van der Waals surface area contributed by atoms with Crippen molar-refractivity contribution in [3.63, 3.8) is 0 Å². The molecule has 0 saturated carbocycles. The number of rotatable bonds is 6. The van der Waals surface area contributed by atoms with E-state index in [0.29, 0.717) is 5.92 Å². The van der Waals surface area contributed by atoms with Crippen LogP contribution in [0.4, 0.5) is 0 Å². The molecular formula is C20H26ClN. The molecule has 0 aromatic heterocycles. The lowest BCUT2D eigenvalue weighted by atomic mass is 10.0. The summed E-state index contributed by atoms with van der Waals surface area (Å²) in [6.07, 6.45) is 1.30. The van der Waals surface area contributed by atoms with Crippen LogP contribution in [0.5, 0.6) is 0 Å². The molecule has 0 bridgehead atoms. The number of fused-ring (bicyclic) bond motifs is 1. The second kappa shape index (κ2) is 7.30. The van der Waals surface area contributed by atoms with Gasteiger partial charge in [-0.25, -0.2) is 0 Å². The van der Waals surface area contributed by atoms with Gasteiger partial charge in [-0.2, -0.15) is 0 Å². The first-order valence-electron chi connectivity index (χ1n) is 8.28. The quantitative estimate of drug-likeness (QED) is 0.788. The van der Waals surface area contributed by atoms with E-state index >= 15 is 0 Å². The minimum Gasteiger partial charge on any atom is -1.00 e. The van der Waals surface area contributed by atoms with Gasteiger partial charge in [0.05, 0.1) is 19.6 Å². The van der Waals surface area contributed by atoms with Gasteiger partial charge in [0.25, 0.3) is 0 Å². The lowest BCUT2D eigenvalue weighted by Crippen LogP contribution is -3.11. The average molecular weight is 316 g/mol. The van der Waals surface area contributed by atoms with Gasteiger partial charge in [-0.15, -0.1) is 0 Å². The van der Waals surface area contributed by atoms with Gasteiger partial charge in [-0.3, -0.25) is 0 Å². The molecule has 2 aromatic carbocycles. The molecule has 3 rings (SSSR count). The molecular weight excluding hydrogens is 290 g/mol. The van der Waals surface area contributed by atoms with Crippen molar-refractivity contribution in [2.24, 2.45) is 0 Å². The van der Waals surface area contributed by atoms with Crippen molar-refractivity contribution in [1.29, 1.82) is 0 Å². The van der Waals surface area contributed by atoms with Gasteiger partial charge in [0, 0.05) is 12.3 Å². The summed E-state index contributed by atoms with van der Waals surface area (Å²) in [5.74, 6) is 0.711. The van der Waals surface area contributed by atoms with Crippen LogP contribution in [-0.2, 0) is 0 Å². The third-order valence-electron chi connectivity index (χ3n) is 4.99. The van der Waals surface area contributed by atoms with Crippen molar-refractivity contribution >= 4 is 0 Å². The predicted molar refractivity (Wildman–Crippen MR) is 90.0 cm³/mol. The third kappa shape index (κ3) is 3.21. The Bertz CT molecular complexity index is 617. The first kappa shape index (κ1) is 17.1. The normalized spacial score (nSPS) is 15.4. The van der Waals surface area contributed by atoms with Gasteiger partial charge in [0.15, 0.2) is 0 Å². The van der Waals surface area contributed by atoms with Crippen LogP contribution in [0.1, 0.15) is 42.9 Å². The van der Waals surface area contributed by atoms with Crippen LogP contribution in [0, 0.1) is 6.92 Å². The largest absolute Gasteiger partial charge is 1.00 e. The maximum Gasteiger partial charge on any atom is 0.0780 e. The van der Waals surface area contributed by atoms with Gasteiger partial charge in [-0.1, -0.05) is 42.5 Å². The number of benzene rings is 2. The molecule has 1 unspecified atom stereocenters. The predicted octanol–water partition coefficient (Wildman–Crippen LogP) is 0.426. The Labute approximate surface area is 140 Å². The fourth-order valence-electron chi connectivity index (χ4n) is 3.59. The summed E-state index contributed by atoms with van der Waals surface area (Å²) >= 11 is 0. The van der Waals surface area contributed by atoms with Crippen LogP contribution in [0.3, 0.4) is 0 Å². The minimum absolute atomic E-state index is 0. The summed E-state index contributed by atoms with van der Waals surface area (Å²) in [6, 6.07) is 15.4. The molecule has 0 saturated heterocycles. The summed E-state index contributed by atoms with van der Waals surface area (Å²) < 4.78 is 0. The number of nitrogens with one attached hydrogen (secondary N) is 1. The summed E-state index contributed by atoms with van der Waals surface area (Å²) in [5, 5.41) is 0. The number of hydrogen-bond donors (Lipinski definition) is 1. The monoisotopic (exact) mass is 315 g/mol. The zero-order chi connectivity index (χ0) is 14.8. The Balaban J connectivity index is 0.00000176. The Hall–Kier alpha value is -1.31. The highest BCUT2D eigenvalue weighted by molar-refractivity contribution is 5.78. The summed E-state index contributed by atoms with van der Waals surface area (Å²) in [6.45, 7) is 10.6. The highest BCUT2D eigenvalue weighted by Gasteiger charge is 2.37. The molecule has 0 aliphatic heterocycles. The second-order valence-electron chi connectivity index (χ2n) is 6.17. The van der Waals surface area contributed by atoms with Crippen LogP contribution >= 0.6 is 0 Å². The fraction of sp³-hybridized carbons (Fsp3) is 0.400. The Morgan fingerprint density at radius 3 is 2.23 bits per heavy atom. The molecule has 0 amide bonds. The third-order valence-corrected chi connectivity index (χ3v) is 4.99. The minimum atomic E-state index is 0. The standard InChI is InChI=1S/C20H25N.ClH/c1-4-21(5-2)14-13-18-19-15(3)11-12-17(20(18)19)16-9-7-6-8-10-16;/h6-12,18H,4-5,13-14H2,1-3H3;1H. The van der Waals surface area contributed by atoms with E-state index in [1.54, 1.807) is 16.0 Å². The van der Waals surface area contributed by atoms with E-state index in [2.05, 4.69) is 63.2 Å². The molecule has 1 nitrogen and oxygen atoms in total. The number of aryl methyl sites for hydroxylation is 1. The smallest absolute Gasteiger partial charge is 0.0780 e. The molecule has 0 fully saturated rings. The van der Waals surface area contributed by atoms with Crippen molar-refractivity contribution in [3.05, 3.63) is 59.2 Å². The zero-order valence-corrected chi connectivity index (χ0v) is 14.6. The van der Waals surface area contributed by atoms with Gasteiger partial charge in [0.2, 0.25) is 0 Å². The number of quaternary nitrogens is 1. The summed E-state index contributed by atoms with van der Waals surface area (Å²) in [5.41, 5.74) is 7.54. The zero-order valence-electron chi connectivity index (χ0n) is 13.8. The van der Waals surface area contributed by atoms with Crippen LogP contribution in [-0.4, -0.2) is 19.6 Å². The average Bonchev–Trinajstić information content (AvgIpc) is 3.25. The lowest BCUT2D eigenvalue weighted by molar-refractivity contribution is -0.896. The maximum atomic E-state index is 2.31. The number of hydrogen-bond acceptors (Lipinski definition) is 0. The summed E-state index contributed by atoms with van der Waals surface area (Å²) in [7, 11) is 0. The molecule has 1 aliphatic carbocycles. The Morgan fingerprint density at radius 1 is 0.909 bits per heavy atom. The lowest BCUT2D eigenvalue weighted by Gasteiger charge is -2.14. The van der Waals surface area contributed by atoms with Crippen molar-refractivity contribution in [3.8, 4) is 11.1 Å². The molecule has 2 heteroatoms. The van der Waals surface area contributed by atoms with Crippen LogP contribution in [0.2, 0.25) is 0 Å². The van der Waals surface area contributed by atoms with E-state index in [0.717, 1.165) is 0 Å². The van der Waals surface area contributed by atoms with Crippen molar-refractivity contribution in [2.45, 2.75) is 33.1 Å². The highest BCUT2D eigenvalue weighted by atomic mass is 35.5. The van der Waals surface area contributed by atoms with Gasteiger partial charge in [0.1, 0.15) is 0 Å². The van der Waals surface area contributed by atoms with E-state index in [4.69, 9.17) is 0 Å². The van der Waals surface area contributed by atoms with Gasteiger partial charge in [-0.05, 0) is 48.6 Å². The second-order valence-corrected chi connectivity index (χ2v) is 6.17. The van der Waals surface area contributed by atoms with Crippen molar-refractivity contribution < 1.29 is 17.3 Å². The van der Waals surface area contributed by atoms with Crippen LogP contribution in [0.15, 0.2) is 42.5 Å². The first-order valence-corrected chi connectivity index (χ1v) is 8.28. The van der Waals surface area contributed by atoms with Gasteiger partial charge < -0.3 is 17.3 Å². The van der Waals surface area contributed by atoms with Crippen molar-refractivity contribution in [2.75, 3.05) is 19.6 Å². The maximum absolute atomic E-state index is 2.31. The molecule has 0 spiro atoms. The number of halogens is 1. The topological polar surface area (TPSA) is 4.44 Å². The SMILES string of the molecule is CC[NH+](CC)CCC1c2c(C)ccc(-c3ccccc3)c21.[Cl-]. The molecule has 0 heterocycles. The first-order chi connectivity index (χ1) is 10.3. The molecule has 1 atom stereocenters. The molecule has 118 valence electrons. The van der Waals surface area contributed by atoms with E-state index in [-0.39, 0.29) is 12.4 Å². The van der Waals surface area contributed by atoms with E-state index < -0.39 is 0 Å². The Kier molecular flexibility index (Phi) is 5.66. The summed E-state index contributed by atoms with van der Waals surface area (Å²) in [4.78, 5) is 1.71. The van der Waals surface area contributed by atoms with Crippen molar-refractivity contribution in [1.82, 2.24) is 0 Å². The fourth-order valence-corrected chi connectivity index (χ4v) is 3.59. The highest BCUT2D eigenvalue weighted by Crippen LogP contribution is 2.52. The van der Waals surface area contributed by atoms with Crippen LogP contribution in [0.25, 0.3) is 11.1 Å².